The van der Waals surface area contributed by atoms with Crippen LogP contribution in [0.15, 0.2) is 42.7 Å². The van der Waals surface area contributed by atoms with Crippen molar-refractivity contribution >= 4 is 22.7 Å². The molecule has 0 saturated carbocycles. The zero-order chi connectivity index (χ0) is 20.8. The van der Waals surface area contributed by atoms with Crippen LogP contribution < -0.4 is 4.74 Å². The summed E-state index contributed by atoms with van der Waals surface area (Å²) in [6.45, 7) is 3.70. The molecule has 0 amide bonds. The summed E-state index contributed by atoms with van der Waals surface area (Å²) in [6.07, 6.45) is 4.95. The van der Waals surface area contributed by atoms with Crippen molar-refractivity contribution in [2.75, 3.05) is 13.7 Å². The molecular formula is C22H25N3O4. The molecule has 1 atom stereocenters. The Hall–Kier alpha value is -3.22. The van der Waals surface area contributed by atoms with Crippen molar-refractivity contribution in [1.29, 1.82) is 0 Å². The van der Waals surface area contributed by atoms with Gasteiger partial charge < -0.3 is 14.3 Å². The van der Waals surface area contributed by atoms with Crippen molar-refractivity contribution in [3.05, 3.63) is 53.9 Å². The molecule has 0 bridgehead atoms. The number of benzene rings is 1. The van der Waals surface area contributed by atoms with E-state index in [1.165, 1.54) is 0 Å². The number of methoxy groups -OCH3 is 1. The molecule has 0 spiro atoms. The summed E-state index contributed by atoms with van der Waals surface area (Å²) >= 11 is 0. The van der Waals surface area contributed by atoms with E-state index in [1.807, 2.05) is 30.5 Å². The normalized spacial score (nSPS) is 12.0. The van der Waals surface area contributed by atoms with Crippen LogP contribution >= 0.6 is 0 Å². The van der Waals surface area contributed by atoms with Crippen molar-refractivity contribution in [3.8, 4) is 5.88 Å². The molecule has 7 heteroatoms. The van der Waals surface area contributed by atoms with Gasteiger partial charge in [-0.1, -0.05) is 12.1 Å². The van der Waals surface area contributed by atoms with Gasteiger partial charge in [0, 0.05) is 30.3 Å². The molecule has 7 nitrogen and oxygen atoms in total. The lowest BCUT2D eigenvalue weighted by Gasteiger charge is -2.17. The largest absolute Gasteiger partial charge is 0.481 e. The number of aryl methyl sites for hydroxylation is 1. The van der Waals surface area contributed by atoms with E-state index in [2.05, 4.69) is 4.98 Å². The predicted molar refractivity (Wildman–Crippen MR) is 109 cm³/mol. The Balaban J connectivity index is 1.93. The quantitative estimate of drug-likeness (QED) is 0.516. The van der Waals surface area contributed by atoms with E-state index in [-0.39, 0.29) is 24.2 Å². The number of Topliss-reactive ketones (excluding diaryl/α,β-unsaturated/α-hetero) is 1. The molecule has 152 valence electrons. The third-order valence-electron chi connectivity index (χ3n) is 4.69. The zero-order valence-corrected chi connectivity index (χ0v) is 16.9. The lowest BCUT2D eigenvalue weighted by Crippen LogP contribution is -2.18. The van der Waals surface area contributed by atoms with Crippen molar-refractivity contribution in [2.45, 2.75) is 39.2 Å². The summed E-state index contributed by atoms with van der Waals surface area (Å²) in [5, 5.41) is 5.66. The number of fused-ring (bicyclic) bond motifs is 1. The number of carbonyl (C=O) groups excluding carboxylic acids is 2. The molecule has 2 aromatic heterocycles. The van der Waals surface area contributed by atoms with Gasteiger partial charge in [-0.15, -0.1) is 0 Å². The van der Waals surface area contributed by atoms with E-state index in [9.17, 15) is 9.59 Å². The van der Waals surface area contributed by atoms with Crippen LogP contribution in [-0.2, 0) is 20.7 Å². The topological polar surface area (TPSA) is 83.3 Å². The minimum absolute atomic E-state index is 0.146. The average Bonchev–Trinajstić information content (AvgIpc) is 3.14. The Morgan fingerprint density at radius 3 is 2.69 bits per heavy atom. The van der Waals surface area contributed by atoms with E-state index in [1.54, 1.807) is 37.9 Å². The maximum Gasteiger partial charge on any atom is 0.308 e. The van der Waals surface area contributed by atoms with Gasteiger partial charge in [-0.3, -0.25) is 9.48 Å². The van der Waals surface area contributed by atoms with E-state index >= 15 is 0 Å². The fraction of sp³-hybridized carbons (Fsp3) is 0.364. The number of aromatic nitrogens is 3. The number of ketones is 1. The highest BCUT2D eigenvalue weighted by molar-refractivity contribution is 5.80. The van der Waals surface area contributed by atoms with Crippen molar-refractivity contribution < 1.29 is 19.1 Å². The predicted octanol–water partition coefficient (Wildman–Crippen LogP) is 3.50. The number of nitrogens with zero attached hydrogens (tertiary/aromatic N) is 3. The van der Waals surface area contributed by atoms with E-state index < -0.39 is 0 Å². The Morgan fingerprint density at radius 2 is 2.03 bits per heavy atom. The number of ether oxygens (including phenoxy) is 2. The molecule has 1 aromatic carbocycles. The third-order valence-corrected chi connectivity index (χ3v) is 4.69. The Labute approximate surface area is 169 Å². The molecule has 29 heavy (non-hydrogen) atoms. The number of esters is 1. The van der Waals surface area contributed by atoms with Gasteiger partial charge in [0.15, 0.2) is 0 Å². The van der Waals surface area contributed by atoms with Crippen LogP contribution in [0.1, 0.15) is 43.9 Å². The first-order valence-electron chi connectivity index (χ1n) is 9.63. The Morgan fingerprint density at radius 1 is 1.21 bits per heavy atom. The molecule has 0 N–H and O–H groups in total. The van der Waals surface area contributed by atoms with Gasteiger partial charge in [0.25, 0.3) is 0 Å². The number of hydrogen-bond donors (Lipinski definition) is 0. The number of hydrogen-bond acceptors (Lipinski definition) is 6. The Kier molecular flexibility index (Phi) is 6.59. The number of rotatable bonds is 9. The summed E-state index contributed by atoms with van der Waals surface area (Å²) < 4.78 is 12.1. The fourth-order valence-corrected chi connectivity index (χ4v) is 3.17. The molecule has 0 radical (unpaired) electrons. The van der Waals surface area contributed by atoms with Crippen molar-refractivity contribution in [3.63, 3.8) is 0 Å². The van der Waals surface area contributed by atoms with Crippen LogP contribution in [-0.4, -0.2) is 40.2 Å². The van der Waals surface area contributed by atoms with Gasteiger partial charge in [0.05, 0.1) is 31.7 Å². The maximum absolute atomic E-state index is 12.2. The van der Waals surface area contributed by atoms with Crippen LogP contribution in [0.4, 0.5) is 0 Å². The van der Waals surface area contributed by atoms with Gasteiger partial charge in [-0.05, 0) is 43.5 Å². The first kappa shape index (κ1) is 20.5. The molecule has 0 saturated heterocycles. The van der Waals surface area contributed by atoms with Gasteiger partial charge in [-0.25, -0.2) is 4.98 Å². The second-order valence-electron chi connectivity index (χ2n) is 6.86. The molecule has 3 rings (SSSR count). The summed E-state index contributed by atoms with van der Waals surface area (Å²) in [6, 6.07) is 9.27. The standard InChI is InChI=1S/C22H25N3O4/c1-4-29-22(27)12-20(17-9-10-21(28-3)23-13-17)25-14-18-8-7-16(6-5-15(2)26)11-19(18)24-25/h7-11,13-14,20H,4-6,12H2,1-3H3/t20-/m0/s1. The molecule has 0 unspecified atom stereocenters. The van der Waals surface area contributed by atoms with Crippen molar-refractivity contribution in [1.82, 2.24) is 14.8 Å². The molecule has 0 aliphatic carbocycles. The molecule has 0 aliphatic rings. The van der Waals surface area contributed by atoms with E-state index in [0.717, 1.165) is 22.0 Å². The average molecular weight is 395 g/mol. The second-order valence-corrected chi connectivity index (χ2v) is 6.86. The number of carbonyl (C=O) groups is 2. The minimum Gasteiger partial charge on any atom is -0.481 e. The molecule has 3 aromatic rings. The maximum atomic E-state index is 12.2. The summed E-state index contributed by atoms with van der Waals surface area (Å²) in [7, 11) is 1.56. The smallest absolute Gasteiger partial charge is 0.308 e. The lowest BCUT2D eigenvalue weighted by molar-refractivity contribution is -0.143. The SMILES string of the molecule is CCOC(=O)C[C@@H](c1ccc(OC)nc1)n1cc2ccc(CCC(C)=O)cc2n1. The van der Waals surface area contributed by atoms with Gasteiger partial charge in [-0.2, -0.15) is 5.10 Å². The summed E-state index contributed by atoms with van der Waals surface area (Å²) in [4.78, 5) is 27.7. The van der Waals surface area contributed by atoms with E-state index in [0.29, 0.717) is 25.3 Å². The summed E-state index contributed by atoms with van der Waals surface area (Å²) in [5.41, 5.74) is 2.72. The second kappa shape index (κ2) is 9.32. The molecular weight excluding hydrogens is 370 g/mol. The number of pyridine rings is 1. The highest BCUT2D eigenvalue weighted by atomic mass is 16.5. The van der Waals surface area contributed by atoms with Gasteiger partial charge in [0.1, 0.15) is 5.78 Å². The molecule has 2 heterocycles. The minimum atomic E-state index is -0.347. The first-order chi connectivity index (χ1) is 14.0. The third kappa shape index (κ3) is 5.19. The van der Waals surface area contributed by atoms with Crippen LogP contribution in [0.2, 0.25) is 0 Å². The van der Waals surface area contributed by atoms with Crippen LogP contribution in [0.5, 0.6) is 5.88 Å². The summed E-state index contributed by atoms with van der Waals surface area (Å²) in [5.74, 6) is 0.372. The molecule has 0 aliphatic heterocycles. The highest BCUT2D eigenvalue weighted by Gasteiger charge is 2.21. The van der Waals surface area contributed by atoms with Crippen LogP contribution in [0, 0.1) is 0 Å². The van der Waals surface area contributed by atoms with Gasteiger partial charge in [0.2, 0.25) is 5.88 Å². The first-order valence-corrected chi connectivity index (χ1v) is 9.63. The fourth-order valence-electron chi connectivity index (χ4n) is 3.17. The highest BCUT2D eigenvalue weighted by Crippen LogP contribution is 2.26. The monoisotopic (exact) mass is 395 g/mol. The van der Waals surface area contributed by atoms with Gasteiger partial charge >= 0.3 is 5.97 Å². The van der Waals surface area contributed by atoms with Crippen LogP contribution in [0.3, 0.4) is 0 Å². The van der Waals surface area contributed by atoms with E-state index in [4.69, 9.17) is 14.6 Å². The molecule has 0 fully saturated rings. The Bertz CT molecular complexity index is 995. The zero-order valence-electron chi connectivity index (χ0n) is 16.9. The van der Waals surface area contributed by atoms with Crippen molar-refractivity contribution in [2.24, 2.45) is 0 Å². The lowest BCUT2D eigenvalue weighted by atomic mass is 10.1. The van der Waals surface area contributed by atoms with Crippen LogP contribution in [0.25, 0.3) is 10.9 Å².